The first kappa shape index (κ1) is 14.0. The number of methoxy groups -OCH3 is 1. The van der Waals surface area contributed by atoms with Gasteiger partial charge in [0.25, 0.3) is 0 Å². The highest BCUT2D eigenvalue weighted by atomic mass is 16.7. The average Bonchev–Trinajstić information content (AvgIpc) is 3.00. The van der Waals surface area contributed by atoms with E-state index in [-0.39, 0.29) is 17.3 Å². The van der Waals surface area contributed by atoms with Crippen molar-refractivity contribution in [3.05, 3.63) is 0 Å². The SMILES string of the molecule is COC(=O)[C@@]12CCCC3(OCCO3)[C@@H]1[C@H]1CC(C)(C)C[C@H]12. The van der Waals surface area contributed by atoms with E-state index in [1.807, 2.05) is 0 Å². The first-order valence-electron chi connectivity index (χ1n) is 8.32. The van der Waals surface area contributed by atoms with Gasteiger partial charge < -0.3 is 14.2 Å². The molecule has 0 bridgehead atoms. The molecule has 0 unspecified atom stereocenters. The van der Waals surface area contributed by atoms with E-state index in [0.717, 1.165) is 25.7 Å². The average molecular weight is 294 g/mol. The molecule has 118 valence electrons. The summed E-state index contributed by atoms with van der Waals surface area (Å²) in [6.07, 6.45) is 5.17. The molecule has 4 nitrogen and oxygen atoms in total. The lowest BCUT2D eigenvalue weighted by atomic mass is 9.41. The van der Waals surface area contributed by atoms with Crippen molar-refractivity contribution in [2.75, 3.05) is 20.3 Å². The van der Waals surface area contributed by atoms with Crippen LogP contribution in [0.4, 0.5) is 0 Å². The van der Waals surface area contributed by atoms with Gasteiger partial charge in [-0.15, -0.1) is 0 Å². The molecule has 1 aliphatic heterocycles. The number of esters is 1. The number of ether oxygens (including phenoxy) is 3. The van der Waals surface area contributed by atoms with Crippen LogP contribution in [0, 0.1) is 28.6 Å². The summed E-state index contributed by atoms with van der Waals surface area (Å²) in [6, 6.07) is 0. The minimum absolute atomic E-state index is 0.0235. The molecule has 0 aromatic rings. The summed E-state index contributed by atoms with van der Waals surface area (Å²) in [7, 11) is 1.53. The number of hydrogen-bond acceptors (Lipinski definition) is 4. The second-order valence-electron chi connectivity index (χ2n) is 8.21. The van der Waals surface area contributed by atoms with Crippen LogP contribution in [0.2, 0.25) is 0 Å². The molecule has 3 saturated carbocycles. The quantitative estimate of drug-likeness (QED) is 0.698. The lowest BCUT2D eigenvalue weighted by Crippen LogP contribution is -2.69. The Balaban J connectivity index is 1.76. The molecule has 0 amide bonds. The highest BCUT2D eigenvalue weighted by Crippen LogP contribution is 2.74. The fraction of sp³-hybridized carbons (Fsp3) is 0.941. The van der Waals surface area contributed by atoms with Crippen LogP contribution in [0.3, 0.4) is 0 Å². The monoisotopic (exact) mass is 294 g/mol. The van der Waals surface area contributed by atoms with Crippen LogP contribution in [-0.2, 0) is 19.0 Å². The predicted octanol–water partition coefficient (Wildman–Crippen LogP) is 2.76. The second kappa shape index (κ2) is 4.23. The van der Waals surface area contributed by atoms with Crippen molar-refractivity contribution in [2.24, 2.45) is 28.6 Å². The van der Waals surface area contributed by atoms with Crippen molar-refractivity contribution in [3.8, 4) is 0 Å². The molecule has 1 spiro atoms. The van der Waals surface area contributed by atoms with Gasteiger partial charge in [0.15, 0.2) is 5.79 Å². The molecule has 0 radical (unpaired) electrons. The molecule has 4 atom stereocenters. The smallest absolute Gasteiger partial charge is 0.312 e. The van der Waals surface area contributed by atoms with Crippen LogP contribution >= 0.6 is 0 Å². The maximum Gasteiger partial charge on any atom is 0.312 e. The van der Waals surface area contributed by atoms with Crippen LogP contribution in [0.5, 0.6) is 0 Å². The number of carbonyl (C=O) groups is 1. The Kier molecular flexibility index (Phi) is 2.82. The summed E-state index contributed by atoms with van der Waals surface area (Å²) < 4.78 is 17.4. The van der Waals surface area contributed by atoms with Crippen LogP contribution < -0.4 is 0 Å². The lowest BCUT2D eigenvalue weighted by molar-refractivity contribution is -0.312. The molecule has 21 heavy (non-hydrogen) atoms. The Bertz CT molecular complexity index is 465. The molecule has 4 aliphatic rings. The standard InChI is InChI=1S/C17H26O4/c1-15(2)9-11-12(10-15)16(14(18)19-3)5-4-6-17(13(11)16)20-7-8-21-17/h11-13H,4-10H2,1-3H3/t11-,12+,13+,16+/m0/s1. The zero-order valence-electron chi connectivity index (χ0n) is 13.3. The third kappa shape index (κ3) is 1.61. The van der Waals surface area contributed by atoms with E-state index in [4.69, 9.17) is 14.2 Å². The first-order chi connectivity index (χ1) is 9.95. The van der Waals surface area contributed by atoms with E-state index in [0.29, 0.717) is 30.5 Å². The zero-order valence-corrected chi connectivity index (χ0v) is 13.3. The molecule has 4 rings (SSSR count). The molecule has 0 aromatic heterocycles. The Hall–Kier alpha value is -0.610. The van der Waals surface area contributed by atoms with Gasteiger partial charge in [0.2, 0.25) is 0 Å². The van der Waals surface area contributed by atoms with E-state index >= 15 is 0 Å². The van der Waals surface area contributed by atoms with Crippen molar-refractivity contribution in [1.29, 1.82) is 0 Å². The molecule has 0 aromatic carbocycles. The van der Waals surface area contributed by atoms with Gasteiger partial charge >= 0.3 is 5.97 Å². The lowest BCUT2D eigenvalue weighted by Gasteiger charge is -2.64. The Labute approximate surface area is 126 Å². The van der Waals surface area contributed by atoms with Gasteiger partial charge in [-0.25, -0.2) is 0 Å². The van der Waals surface area contributed by atoms with Crippen molar-refractivity contribution in [3.63, 3.8) is 0 Å². The molecule has 3 aliphatic carbocycles. The Morgan fingerprint density at radius 3 is 2.52 bits per heavy atom. The van der Waals surface area contributed by atoms with E-state index in [1.54, 1.807) is 0 Å². The highest BCUT2D eigenvalue weighted by Gasteiger charge is 2.77. The molecule has 1 heterocycles. The summed E-state index contributed by atoms with van der Waals surface area (Å²) in [5, 5.41) is 0. The Morgan fingerprint density at radius 1 is 1.14 bits per heavy atom. The summed E-state index contributed by atoms with van der Waals surface area (Å²) >= 11 is 0. The zero-order chi connectivity index (χ0) is 14.9. The van der Waals surface area contributed by atoms with Crippen molar-refractivity contribution >= 4 is 5.97 Å². The topological polar surface area (TPSA) is 44.8 Å². The Morgan fingerprint density at radius 2 is 1.86 bits per heavy atom. The molecule has 4 heteroatoms. The second-order valence-corrected chi connectivity index (χ2v) is 8.21. The van der Waals surface area contributed by atoms with Crippen molar-refractivity contribution in [2.45, 2.75) is 51.7 Å². The van der Waals surface area contributed by atoms with Crippen LogP contribution in [0.25, 0.3) is 0 Å². The van der Waals surface area contributed by atoms with Gasteiger partial charge in [0, 0.05) is 12.3 Å². The third-order valence-electron chi connectivity index (χ3n) is 6.65. The van der Waals surface area contributed by atoms with E-state index in [2.05, 4.69) is 13.8 Å². The fourth-order valence-corrected chi connectivity index (χ4v) is 6.23. The maximum atomic E-state index is 12.7. The van der Waals surface area contributed by atoms with Gasteiger partial charge in [-0.2, -0.15) is 0 Å². The number of hydrogen-bond donors (Lipinski definition) is 0. The van der Waals surface area contributed by atoms with Crippen LogP contribution in [0.1, 0.15) is 46.0 Å². The molecule has 1 saturated heterocycles. The molecular weight excluding hydrogens is 268 g/mol. The number of rotatable bonds is 1. The molecular formula is C17H26O4. The predicted molar refractivity (Wildman–Crippen MR) is 76.4 cm³/mol. The molecule has 4 fully saturated rings. The highest BCUT2D eigenvalue weighted by molar-refractivity contribution is 5.80. The first-order valence-corrected chi connectivity index (χ1v) is 8.32. The minimum atomic E-state index is -0.506. The van der Waals surface area contributed by atoms with Crippen LogP contribution in [-0.4, -0.2) is 32.1 Å². The summed E-state index contributed by atoms with van der Waals surface area (Å²) in [5.74, 6) is 0.672. The summed E-state index contributed by atoms with van der Waals surface area (Å²) in [5.41, 5.74) is -0.0384. The van der Waals surface area contributed by atoms with Gasteiger partial charge in [0.1, 0.15) is 0 Å². The minimum Gasteiger partial charge on any atom is -0.469 e. The number of fused-ring (bicyclic) bond motifs is 5. The van der Waals surface area contributed by atoms with Crippen molar-refractivity contribution in [1.82, 2.24) is 0 Å². The number of carbonyl (C=O) groups excluding carboxylic acids is 1. The largest absolute Gasteiger partial charge is 0.469 e. The van der Waals surface area contributed by atoms with Crippen molar-refractivity contribution < 1.29 is 19.0 Å². The summed E-state index contributed by atoms with van der Waals surface area (Å²) in [4.78, 5) is 12.7. The maximum absolute atomic E-state index is 12.7. The van der Waals surface area contributed by atoms with Gasteiger partial charge in [-0.1, -0.05) is 13.8 Å². The van der Waals surface area contributed by atoms with Gasteiger partial charge in [-0.05, 0) is 42.9 Å². The van der Waals surface area contributed by atoms with E-state index in [9.17, 15) is 4.79 Å². The normalized spacial score (nSPS) is 45.8. The van der Waals surface area contributed by atoms with Gasteiger partial charge in [-0.3, -0.25) is 4.79 Å². The van der Waals surface area contributed by atoms with E-state index in [1.165, 1.54) is 13.5 Å². The summed E-state index contributed by atoms with van der Waals surface area (Å²) in [6.45, 7) is 5.97. The van der Waals surface area contributed by atoms with Gasteiger partial charge in [0.05, 0.1) is 25.7 Å². The van der Waals surface area contributed by atoms with Crippen LogP contribution in [0.15, 0.2) is 0 Å². The fourth-order valence-electron chi connectivity index (χ4n) is 6.23. The molecule has 0 N–H and O–H groups in total. The third-order valence-corrected chi connectivity index (χ3v) is 6.65. The van der Waals surface area contributed by atoms with E-state index < -0.39 is 5.79 Å².